The highest BCUT2D eigenvalue weighted by Crippen LogP contribution is 2.35. The van der Waals surface area contributed by atoms with Crippen molar-refractivity contribution in [3.8, 4) is 5.69 Å². The van der Waals surface area contributed by atoms with E-state index >= 15 is 0 Å². The average Bonchev–Trinajstić information content (AvgIpc) is 3.28. The van der Waals surface area contributed by atoms with Gasteiger partial charge in [0.2, 0.25) is 0 Å². The Morgan fingerprint density at radius 1 is 1.08 bits per heavy atom. The summed E-state index contributed by atoms with van der Waals surface area (Å²) in [5, 5.41) is 0.594. The molecule has 1 aromatic heterocycles. The third kappa shape index (κ3) is 4.88. The van der Waals surface area contributed by atoms with Crippen LogP contribution in [0.1, 0.15) is 52.3 Å². The number of aliphatic imine (C=N–C) groups is 1. The molecule has 0 unspecified atom stereocenters. The summed E-state index contributed by atoms with van der Waals surface area (Å²) < 4.78 is 7.32. The largest absolute Gasteiger partial charge is 0.462 e. The van der Waals surface area contributed by atoms with Crippen molar-refractivity contribution in [3.05, 3.63) is 87.1 Å². The molecule has 1 aliphatic rings. The van der Waals surface area contributed by atoms with E-state index in [1.165, 1.54) is 28.6 Å². The van der Waals surface area contributed by atoms with Crippen LogP contribution in [0.4, 0.5) is 5.69 Å². The summed E-state index contributed by atoms with van der Waals surface area (Å²) in [5.41, 5.74) is 8.12. The summed E-state index contributed by atoms with van der Waals surface area (Å²) >= 11 is 1.35. The first-order valence-electron chi connectivity index (χ1n) is 12.1. The smallest absolute Gasteiger partial charge is 0.338 e. The van der Waals surface area contributed by atoms with Gasteiger partial charge in [0.25, 0.3) is 5.91 Å². The van der Waals surface area contributed by atoms with Crippen LogP contribution in [0, 0.1) is 20.8 Å². The van der Waals surface area contributed by atoms with Crippen molar-refractivity contribution in [1.29, 1.82) is 0 Å². The van der Waals surface area contributed by atoms with Gasteiger partial charge in [-0.3, -0.25) is 9.69 Å². The van der Waals surface area contributed by atoms with Gasteiger partial charge in [-0.05, 0) is 99.0 Å². The first kappa shape index (κ1) is 25.5. The van der Waals surface area contributed by atoms with Gasteiger partial charge in [0, 0.05) is 18.4 Å². The standard InChI is InChI=1S/C29H31N3O3S/c1-7-21-11-9-10-18(3)26(21)32-19(4)16-23(20(32)5)17-25-27(33)31(6)29(36-25)30-24-14-12-22(13-15-24)28(34)35-8-2/h9-17H,7-8H2,1-6H3/b25-17-,30-29?. The maximum atomic E-state index is 13.0. The van der Waals surface area contributed by atoms with Gasteiger partial charge in [-0.25, -0.2) is 9.79 Å². The van der Waals surface area contributed by atoms with Crippen LogP contribution in [0.2, 0.25) is 0 Å². The molecule has 0 saturated carbocycles. The van der Waals surface area contributed by atoms with E-state index in [-0.39, 0.29) is 11.9 Å². The number of aromatic nitrogens is 1. The second-order valence-electron chi connectivity index (χ2n) is 8.73. The Morgan fingerprint density at radius 2 is 1.81 bits per heavy atom. The first-order valence-corrected chi connectivity index (χ1v) is 12.9. The Labute approximate surface area is 216 Å². The second-order valence-corrected chi connectivity index (χ2v) is 9.74. The summed E-state index contributed by atoms with van der Waals surface area (Å²) in [6.45, 7) is 10.6. The topological polar surface area (TPSA) is 63.9 Å². The molecule has 36 heavy (non-hydrogen) atoms. The number of thioether (sulfide) groups is 1. The lowest BCUT2D eigenvalue weighted by Crippen LogP contribution is -2.23. The molecule has 1 fully saturated rings. The van der Waals surface area contributed by atoms with E-state index in [0.29, 0.717) is 27.9 Å². The summed E-state index contributed by atoms with van der Waals surface area (Å²) in [6.07, 6.45) is 2.91. The number of ether oxygens (including phenoxy) is 1. The fraction of sp³-hybridized carbons (Fsp3) is 0.276. The summed E-state index contributed by atoms with van der Waals surface area (Å²) in [5.74, 6) is -0.448. The quantitative estimate of drug-likeness (QED) is 0.291. The number of likely N-dealkylation sites (N-methyl/N-ethyl adjacent to an activating group) is 1. The number of benzene rings is 2. The molecule has 2 aromatic carbocycles. The van der Waals surface area contributed by atoms with E-state index in [1.54, 1.807) is 43.1 Å². The minimum Gasteiger partial charge on any atom is -0.462 e. The number of amidine groups is 1. The van der Waals surface area contributed by atoms with Crippen molar-refractivity contribution in [3.63, 3.8) is 0 Å². The molecule has 1 amide bonds. The fourth-order valence-corrected chi connectivity index (χ4v) is 5.37. The highest BCUT2D eigenvalue weighted by molar-refractivity contribution is 8.18. The lowest BCUT2D eigenvalue weighted by Gasteiger charge is -2.17. The van der Waals surface area contributed by atoms with Crippen molar-refractivity contribution in [2.45, 2.75) is 41.0 Å². The van der Waals surface area contributed by atoms with E-state index in [2.05, 4.69) is 61.5 Å². The lowest BCUT2D eigenvalue weighted by atomic mass is 10.1. The zero-order chi connectivity index (χ0) is 26.0. The van der Waals surface area contributed by atoms with Crippen LogP contribution in [0.5, 0.6) is 0 Å². The average molecular weight is 502 g/mol. The maximum absolute atomic E-state index is 13.0. The van der Waals surface area contributed by atoms with E-state index < -0.39 is 0 Å². The van der Waals surface area contributed by atoms with Gasteiger partial charge in [0.15, 0.2) is 5.17 Å². The van der Waals surface area contributed by atoms with Crippen molar-refractivity contribution in [2.24, 2.45) is 4.99 Å². The van der Waals surface area contributed by atoms with Crippen LogP contribution in [-0.4, -0.2) is 40.2 Å². The van der Waals surface area contributed by atoms with Crippen LogP contribution in [0.25, 0.3) is 11.8 Å². The third-order valence-corrected chi connectivity index (χ3v) is 7.35. The fourth-order valence-electron chi connectivity index (χ4n) is 4.39. The number of hydrogen-bond acceptors (Lipinski definition) is 5. The normalized spacial score (nSPS) is 15.8. The minimum absolute atomic E-state index is 0.0863. The van der Waals surface area contributed by atoms with Gasteiger partial charge in [-0.15, -0.1) is 0 Å². The predicted octanol–water partition coefficient (Wildman–Crippen LogP) is 6.38. The highest BCUT2D eigenvalue weighted by Gasteiger charge is 2.31. The Hall–Kier alpha value is -3.58. The first-order chi connectivity index (χ1) is 17.2. The van der Waals surface area contributed by atoms with E-state index in [4.69, 9.17) is 4.74 Å². The van der Waals surface area contributed by atoms with Gasteiger partial charge in [0.05, 0.1) is 28.5 Å². The van der Waals surface area contributed by atoms with Crippen molar-refractivity contribution < 1.29 is 14.3 Å². The number of nitrogens with zero attached hydrogens (tertiary/aromatic N) is 3. The second kappa shape index (κ2) is 10.6. The molecule has 0 spiro atoms. The van der Waals surface area contributed by atoms with Crippen LogP contribution >= 0.6 is 11.8 Å². The molecule has 0 N–H and O–H groups in total. The van der Waals surface area contributed by atoms with Crippen molar-refractivity contribution in [2.75, 3.05) is 13.7 Å². The Bertz CT molecular complexity index is 1380. The van der Waals surface area contributed by atoms with Gasteiger partial charge in [-0.2, -0.15) is 0 Å². The molecule has 0 bridgehead atoms. The molecule has 1 aliphatic heterocycles. The van der Waals surface area contributed by atoms with E-state index in [1.807, 2.05) is 6.08 Å². The third-order valence-electron chi connectivity index (χ3n) is 6.29. The summed E-state index contributed by atoms with van der Waals surface area (Å²) in [6, 6.07) is 15.4. The van der Waals surface area contributed by atoms with Crippen LogP contribution in [-0.2, 0) is 16.0 Å². The molecular weight excluding hydrogens is 470 g/mol. The van der Waals surface area contributed by atoms with Crippen LogP contribution < -0.4 is 0 Å². The molecule has 1 saturated heterocycles. The van der Waals surface area contributed by atoms with Gasteiger partial charge in [-0.1, -0.05) is 25.1 Å². The van der Waals surface area contributed by atoms with Gasteiger partial charge >= 0.3 is 5.97 Å². The number of para-hydroxylation sites is 1. The molecule has 4 rings (SSSR count). The van der Waals surface area contributed by atoms with Gasteiger partial charge < -0.3 is 9.30 Å². The van der Waals surface area contributed by atoms with E-state index in [0.717, 1.165) is 23.4 Å². The SMILES string of the molecule is CCOC(=O)c1ccc(N=C2S/C(=C\c3cc(C)n(-c4c(C)cccc4CC)c3C)C(=O)N2C)cc1. The Morgan fingerprint density at radius 3 is 2.47 bits per heavy atom. The van der Waals surface area contributed by atoms with E-state index in [9.17, 15) is 9.59 Å². The van der Waals surface area contributed by atoms with Crippen LogP contribution in [0.15, 0.2) is 58.4 Å². The van der Waals surface area contributed by atoms with Crippen molar-refractivity contribution >= 4 is 40.6 Å². The number of amides is 1. The highest BCUT2D eigenvalue weighted by atomic mass is 32.2. The number of hydrogen-bond donors (Lipinski definition) is 0. The zero-order valence-corrected chi connectivity index (χ0v) is 22.4. The Kier molecular flexibility index (Phi) is 7.50. The molecule has 3 aromatic rings. The van der Waals surface area contributed by atoms with Crippen molar-refractivity contribution in [1.82, 2.24) is 9.47 Å². The number of carbonyl (C=O) groups is 2. The Balaban J connectivity index is 1.64. The number of esters is 1. The molecule has 0 radical (unpaired) electrons. The predicted molar refractivity (Wildman–Crippen MR) is 147 cm³/mol. The monoisotopic (exact) mass is 501 g/mol. The maximum Gasteiger partial charge on any atom is 0.338 e. The molecule has 186 valence electrons. The molecule has 0 aliphatic carbocycles. The molecule has 7 heteroatoms. The van der Waals surface area contributed by atoms with Gasteiger partial charge in [0.1, 0.15) is 0 Å². The summed E-state index contributed by atoms with van der Waals surface area (Å²) in [4.78, 5) is 31.8. The number of aryl methyl sites for hydroxylation is 3. The molecule has 0 atom stereocenters. The molecule has 6 nitrogen and oxygen atoms in total. The van der Waals surface area contributed by atoms with Crippen LogP contribution in [0.3, 0.4) is 0 Å². The lowest BCUT2D eigenvalue weighted by molar-refractivity contribution is -0.121. The molecule has 2 heterocycles. The molecular formula is C29H31N3O3S. The summed E-state index contributed by atoms with van der Waals surface area (Å²) in [7, 11) is 1.73. The number of rotatable bonds is 6. The zero-order valence-electron chi connectivity index (χ0n) is 21.6. The minimum atomic E-state index is -0.362. The number of carbonyl (C=O) groups excluding carboxylic acids is 2.